The summed E-state index contributed by atoms with van der Waals surface area (Å²) in [6.07, 6.45) is 1.83. The lowest BCUT2D eigenvalue weighted by molar-refractivity contribution is -0.113. The third kappa shape index (κ3) is 3.81. The zero-order valence-electron chi connectivity index (χ0n) is 14.7. The minimum Gasteiger partial charge on any atom is -0.372 e. The minimum atomic E-state index is -0.148. The van der Waals surface area contributed by atoms with Crippen LogP contribution in [0.25, 0.3) is 6.08 Å². The third-order valence-corrected chi connectivity index (χ3v) is 5.11. The van der Waals surface area contributed by atoms with Crippen molar-refractivity contribution in [2.75, 3.05) is 22.9 Å². The fraction of sp³-hybridized carbons (Fsp3) is 0.200. The molecule has 1 saturated heterocycles. The van der Waals surface area contributed by atoms with Crippen LogP contribution in [0.15, 0.2) is 58.7 Å². The Bertz CT molecular complexity index is 842. The standard InChI is InChI=1S/C20H20BrN3OS/c1-3-23(4-2)16-9-5-14(6-10-16)13-18-19(25)24(20(26)22-18)17-11-7-15(21)8-12-17/h5-13H,3-4H2,1-2H3,(H,22,26)/b18-13-. The van der Waals surface area contributed by atoms with Gasteiger partial charge in [-0.2, -0.15) is 0 Å². The number of nitrogens with zero attached hydrogens (tertiary/aromatic N) is 2. The molecule has 0 unspecified atom stereocenters. The minimum absolute atomic E-state index is 0.148. The topological polar surface area (TPSA) is 35.6 Å². The lowest BCUT2D eigenvalue weighted by atomic mass is 10.1. The van der Waals surface area contributed by atoms with Crippen LogP contribution in [-0.4, -0.2) is 24.1 Å². The number of halogens is 1. The lowest BCUT2D eigenvalue weighted by Gasteiger charge is -2.20. The average molecular weight is 430 g/mol. The maximum Gasteiger partial charge on any atom is 0.281 e. The monoisotopic (exact) mass is 429 g/mol. The highest BCUT2D eigenvalue weighted by atomic mass is 79.9. The summed E-state index contributed by atoms with van der Waals surface area (Å²) in [6.45, 7) is 6.21. The van der Waals surface area contributed by atoms with Crippen LogP contribution in [0.4, 0.5) is 11.4 Å². The summed E-state index contributed by atoms with van der Waals surface area (Å²) >= 11 is 8.75. The van der Waals surface area contributed by atoms with E-state index in [0.29, 0.717) is 10.8 Å². The summed E-state index contributed by atoms with van der Waals surface area (Å²) in [5.41, 5.74) is 3.36. The number of carbonyl (C=O) groups excluding carboxylic acids is 1. The van der Waals surface area contributed by atoms with Crippen LogP contribution in [0.2, 0.25) is 0 Å². The van der Waals surface area contributed by atoms with Gasteiger partial charge >= 0.3 is 0 Å². The Labute approximate surface area is 167 Å². The summed E-state index contributed by atoms with van der Waals surface area (Å²) in [6, 6.07) is 15.7. The zero-order chi connectivity index (χ0) is 18.7. The molecule has 0 aromatic heterocycles. The van der Waals surface area contributed by atoms with Crippen LogP contribution in [0.5, 0.6) is 0 Å². The molecular formula is C20H20BrN3OS. The number of amides is 1. The van der Waals surface area contributed by atoms with Crippen molar-refractivity contribution in [1.29, 1.82) is 0 Å². The van der Waals surface area contributed by atoms with Crippen molar-refractivity contribution >= 4 is 56.6 Å². The van der Waals surface area contributed by atoms with Crippen molar-refractivity contribution in [3.63, 3.8) is 0 Å². The molecule has 0 saturated carbocycles. The lowest BCUT2D eigenvalue weighted by Crippen LogP contribution is -2.30. The highest BCUT2D eigenvalue weighted by Crippen LogP contribution is 2.24. The van der Waals surface area contributed by atoms with E-state index in [2.05, 4.69) is 52.1 Å². The fourth-order valence-electron chi connectivity index (χ4n) is 2.90. The van der Waals surface area contributed by atoms with Crippen molar-refractivity contribution in [1.82, 2.24) is 5.32 Å². The average Bonchev–Trinajstić information content (AvgIpc) is 2.92. The second-order valence-corrected chi connectivity index (χ2v) is 7.17. The number of benzene rings is 2. The van der Waals surface area contributed by atoms with Crippen molar-refractivity contribution in [3.8, 4) is 0 Å². The molecule has 134 valence electrons. The molecule has 26 heavy (non-hydrogen) atoms. The van der Waals surface area contributed by atoms with Crippen LogP contribution >= 0.6 is 28.1 Å². The van der Waals surface area contributed by atoms with Gasteiger partial charge < -0.3 is 10.2 Å². The Balaban J connectivity index is 1.82. The number of nitrogens with one attached hydrogen (secondary N) is 1. The van der Waals surface area contributed by atoms with Gasteiger partial charge in [0.2, 0.25) is 0 Å². The molecule has 0 aliphatic carbocycles. The molecule has 1 aliphatic heterocycles. The quantitative estimate of drug-likeness (QED) is 0.558. The maximum absolute atomic E-state index is 12.8. The first kappa shape index (κ1) is 18.6. The summed E-state index contributed by atoms with van der Waals surface area (Å²) in [5.74, 6) is -0.148. The smallest absolute Gasteiger partial charge is 0.281 e. The zero-order valence-corrected chi connectivity index (χ0v) is 17.1. The van der Waals surface area contributed by atoms with Gasteiger partial charge in [-0.05, 0) is 74.1 Å². The Hall–Kier alpha value is -2.18. The van der Waals surface area contributed by atoms with Crippen LogP contribution in [0.3, 0.4) is 0 Å². The molecule has 4 nitrogen and oxygen atoms in total. The number of thiocarbonyl (C=S) groups is 1. The van der Waals surface area contributed by atoms with Crippen molar-refractivity contribution < 1.29 is 4.79 Å². The van der Waals surface area contributed by atoms with Gasteiger partial charge in [0, 0.05) is 23.2 Å². The van der Waals surface area contributed by atoms with Gasteiger partial charge in [0.15, 0.2) is 5.11 Å². The van der Waals surface area contributed by atoms with E-state index in [4.69, 9.17) is 12.2 Å². The van der Waals surface area contributed by atoms with Gasteiger partial charge in [-0.3, -0.25) is 9.69 Å². The van der Waals surface area contributed by atoms with Crippen LogP contribution in [0, 0.1) is 0 Å². The first-order chi connectivity index (χ1) is 12.5. The molecule has 1 aliphatic rings. The van der Waals surface area contributed by atoms with E-state index in [1.165, 1.54) is 10.6 Å². The van der Waals surface area contributed by atoms with E-state index in [0.717, 1.165) is 28.8 Å². The predicted molar refractivity (Wildman–Crippen MR) is 115 cm³/mol. The molecule has 3 rings (SSSR count). The second kappa shape index (κ2) is 8.01. The predicted octanol–water partition coefficient (Wildman–Crippen LogP) is 4.56. The molecule has 0 radical (unpaired) electrons. The van der Waals surface area contributed by atoms with E-state index in [1.54, 1.807) is 0 Å². The summed E-state index contributed by atoms with van der Waals surface area (Å²) in [7, 11) is 0. The largest absolute Gasteiger partial charge is 0.372 e. The molecule has 1 N–H and O–H groups in total. The third-order valence-electron chi connectivity index (χ3n) is 4.30. The summed E-state index contributed by atoms with van der Waals surface area (Å²) in [5, 5.41) is 3.41. The van der Waals surface area contributed by atoms with Crippen molar-refractivity contribution in [2.24, 2.45) is 0 Å². The number of hydrogen-bond donors (Lipinski definition) is 1. The van der Waals surface area contributed by atoms with Gasteiger partial charge in [0.05, 0.1) is 5.69 Å². The molecule has 0 bridgehead atoms. The van der Waals surface area contributed by atoms with E-state index < -0.39 is 0 Å². The molecule has 0 atom stereocenters. The van der Waals surface area contributed by atoms with Crippen LogP contribution in [0.1, 0.15) is 19.4 Å². The van der Waals surface area contributed by atoms with Gasteiger partial charge in [-0.25, -0.2) is 0 Å². The molecule has 1 amide bonds. The Kier molecular flexibility index (Phi) is 5.74. The van der Waals surface area contributed by atoms with E-state index >= 15 is 0 Å². The highest BCUT2D eigenvalue weighted by molar-refractivity contribution is 9.10. The normalized spacial score (nSPS) is 15.5. The van der Waals surface area contributed by atoms with Gasteiger partial charge in [-0.1, -0.05) is 28.1 Å². The molecular weight excluding hydrogens is 410 g/mol. The van der Waals surface area contributed by atoms with Crippen LogP contribution in [-0.2, 0) is 4.79 Å². The molecule has 1 heterocycles. The first-order valence-corrected chi connectivity index (χ1v) is 9.71. The van der Waals surface area contributed by atoms with E-state index in [1.807, 2.05) is 42.5 Å². The number of anilines is 2. The van der Waals surface area contributed by atoms with E-state index in [9.17, 15) is 4.79 Å². The Morgan fingerprint density at radius 3 is 2.27 bits per heavy atom. The fourth-order valence-corrected chi connectivity index (χ4v) is 3.46. The maximum atomic E-state index is 12.8. The molecule has 0 spiro atoms. The molecule has 6 heteroatoms. The number of rotatable bonds is 5. The Morgan fingerprint density at radius 2 is 1.69 bits per heavy atom. The first-order valence-electron chi connectivity index (χ1n) is 8.51. The van der Waals surface area contributed by atoms with Gasteiger partial charge in [0.1, 0.15) is 5.70 Å². The SMILES string of the molecule is CCN(CC)c1ccc(/C=C2\NC(=S)N(c3ccc(Br)cc3)C2=O)cc1. The van der Waals surface area contributed by atoms with Gasteiger partial charge in [0.25, 0.3) is 5.91 Å². The Morgan fingerprint density at radius 1 is 1.08 bits per heavy atom. The van der Waals surface area contributed by atoms with Crippen molar-refractivity contribution in [3.05, 3.63) is 64.3 Å². The number of carbonyl (C=O) groups is 1. The van der Waals surface area contributed by atoms with Crippen LogP contribution < -0.4 is 15.1 Å². The highest BCUT2D eigenvalue weighted by Gasteiger charge is 2.31. The van der Waals surface area contributed by atoms with Crippen molar-refractivity contribution in [2.45, 2.75) is 13.8 Å². The van der Waals surface area contributed by atoms with E-state index in [-0.39, 0.29) is 5.91 Å². The second-order valence-electron chi connectivity index (χ2n) is 5.87. The molecule has 2 aromatic rings. The molecule has 2 aromatic carbocycles. The summed E-state index contributed by atoms with van der Waals surface area (Å²) < 4.78 is 0.954. The van der Waals surface area contributed by atoms with Gasteiger partial charge in [-0.15, -0.1) is 0 Å². The number of hydrogen-bond acceptors (Lipinski definition) is 3. The summed E-state index contributed by atoms with van der Waals surface area (Å²) in [4.78, 5) is 16.6. The molecule has 1 fully saturated rings.